The highest BCUT2D eigenvalue weighted by molar-refractivity contribution is 7.13. The molecule has 4 aromatic rings. The van der Waals surface area contributed by atoms with Crippen LogP contribution in [0.4, 0.5) is 0 Å². The summed E-state index contributed by atoms with van der Waals surface area (Å²) in [6.07, 6.45) is 2.36. The van der Waals surface area contributed by atoms with Gasteiger partial charge in [0.2, 0.25) is 0 Å². The number of ether oxygens (including phenoxy) is 1. The van der Waals surface area contributed by atoms with Crippen molar-refractivity contribution in [3.63, 3.8) is 0 Å². The largest absolute Gasteiger partial charge is 0.467 e. The molecule has 3 heterocycles. The topological polar surface area (TPSA) is 64.4 Å². The Morgan fingerprint density at radius 1 is 1.14 bits per heavy atom. The van der Waals surface area contributed by atoms with E-state index >= 15 is 0 Å². The molecule has 1 N–H and O–H groups in total. The van der Waals surface area contributed by atoms with Crippen LogP contribution in [0.15, 0.2) is 70.7 Å². The number of nitrogens with one attached hydrogen (secondary N) is 1. The fraction of sp³-hybridized carbons (Fsp3) is 0.182. The van der Waals surface area contributed by atoms with Gasteiger partial charge in [-0.25, -0.2) is 4.98 Å². The number of rotatable bonds is 8. The number of benzene rings is 1. The van der Waals surface area contributed by atoms with Crippen molar-refractivity contribution >= 4 is 28.1 Å². The van der Waals surface area contributed by atoms with Crippen LogP contribution in [0, 0.1) is 0 Å². The number of furan rings is 1. The van der Waals surface area contributed by atoms with Gasteiger partial charge >= 0.3 is 0 Å². The van der Waals surface area contributed by atoms with Gasteiger partial charge < -0.3 is 14.5 Å². The van der Waals surface area contributed by atoms with Gasteiger partial charge in [0, 0.05) is 18.5 Å². The molecule has 0 radical (unpaired) electrons. The van der Waals surface area contributed by atoms with Crippen molar-refractivity contribution in [1.29, 1.82) is 0 Å². The Morgan fingerprint density at radius 3 is 2.89 bits per heavy atom. The van der Waals surface area contributed by atoms with Crippen LogP contribution in [-0.2, 0) is 11.3 Å². The molecule has 6 heteroatoms. The number of carbonyl (C=O) groups is 1. The first-order chi connectivity index (χ1) is 13.8. The molecule has 28 heavy (non-hydrogen) atoms. The second-order valence-corrected chi connectivity index (χ2v) is 7.24. The van der Waals surface area contributed by atoms with Crippen LogP contribution in [0.1, 0.15) is 22.5 Å². The molecule has 0 atom stereocenters. The third-order valence-corrected chi connectivity index (χ3v) is 5.20. The third-order valence-electron chi connectivity index (χ3n) is 4.31. The SMILES string of the molecule is O=C(NCCCOCc1ccco1)c1cc(-c2cccs2)nc2ccccc12. The number of amides is 1. The summed E-state index contributed by atoms with van der Waals surface area (Å²) in [6.45, 7) is 1.54. The van der Waals surface area contributed by atoms with E-state index in [1.54, 1.807) is 17.6 Å². The molecule has 142 valence electrons. The number of nitrogens with zero attached hydrogens (tertiary/aromatic N) is 1. The summed E-state index contributed by atoms with van der Waals surface area (Å²) < 4.78 is 10.8. The Hall–Kier alpha value is -2.96. The lowest BCUT2D eigenvalue weighted by molar-refractivity contribution is 0.0918. The highest BCUT2D eigenvalue weighted by atomic mass is 32.1. The maximum atomic E-state index is 12.8. The second kappa shape index (κ2) is 8.82. The molecular weight excluding hydrogens is 372 g/mol. The van der Waals surface area contributed by atoms with Gasteiger partial charge in [-0.2, -0.15) is 0 Å². The molecule has 4 rings (SSSR count). The zero-order chi connectivity index (χ0) is 19.2. The van der Waals surface area contributed by atoms with Crippen molar-refractivity contribution in [2.45, 2.75) is 13.0 Å². The lowest BCUT2D eigenvalue weighted by Crippen LogP contribution is -2.25. The Balaban J connectivity index is 1.40. The van der Waals surface area contributed by atoms with Crippen molar-refractivity contribution in [3.05, 3.63) is 77.6 Å². The molecule has 3 aromatic heterocycles. The van der Waals surface area contributed by atoms with E-state index in [9.17, 15) is 4.79 Å². The first-order valence-corrected chi connectivity index (χ1v) is 10.0. The van der Waals surface area contributed by atoms with Crippen LogP contribution in [-0.4, -0.2) is 24.0 Å². The number of para-hydroxylation sites is 1. The number of fused-ring (bicyclic) bond motifs is 1. The van der Waals surface area contributed by atoms with Crippen LogP contribution in [0.25, 0.3) is 21.5 Å². The van der Waals surface area contributed by atoms with Crippen LogP contribution in [0.2, 0.25) is 0 Å². The van der Waals surface area contributed by atoms with Crippen molar-refractivity contribution in [2.24, 2.45) is 0 Å². The molecule has 0 aliphatic carbocycles. The predicted octanol–water partition coefficient (Wildman–Crippen LogP) is 4.89. The molecule has 0 saturated carbocycles. The van der Waals surface area contributed by atoms with Crippen LogP contribution in [0.5, 0.6) is 0 Å². The average Bonchev–Trinajstić information content (AvgIpc) is 3.43. The highest BCUT2D eigenvalue weighted by Gasteiger charge is 2.14. The van der Waals surface area contributed by atoms with E-state index in [4.69, 9.17) is 14.1 Å². The van der Waals surface area contributed by atoms with Gasteiger partial charge in [-0.3, -0.25) is 4.79 Å². The zero-order valence-corrected chi connectivity index (χ0v) is 16.1. The summed E-state index contributed by atoms with van der Waals surface area (Å²) in [5.41, 5.74) is 2.28. The summed E-state index contributed by atoms with van der Waals surface area (Å²) in [6, 6.07) is 17.3. The van der Waals surface area contributed by atoms with E-state index in [1.807, 2.05) is 60.0 Å². The number of carbonyl (C=O) groups excluding carboxylic acids is 1. The Morgan fingerprint density at radius 2 is 2.07 bits per heavy atom. The normalized spacial score (nSPS) is 11.0. The van der Waals surface area contributed by atoms with E-state index in [0.717, 1.165) is 33.7 Å². The van der Waals surface area contributed by atoms with Gasteiger partial charge in [-0.05, 0) is 42.1 Å². The summed E-state index contributed by atoms with van der Waals surface area (Å²) in [5, 5.41) is 5.86. The second-order valence-electron chi connectivity index (χ2n) is 6.29. The molecule has 0 fully saturated rings. The summed E-state index contributed by atoms with van der Waals surface area (Å²) in [4.78, 5) is 18.6. The standard InChI is InChI=1S/C22H20N2O3S/c25-22(23-10-5-11-26-15-16-6-3-12-27-16)18-14-20(21-9-4-13-28-21)24-19-8-2-1-7-17(18)19/h1-4,6-9,12-14H,5,10-11,15H2,(H,23,25). The number of aromatic nitrogens is 1. The fourth-order valence-corrected chi connectivity index (χ4v) is 3.64. The lowest BCUT2D eigenvalue weighted by Gasteiger charge is -2.10. The average molecular weight is 392 g/mol. The molecule has 0 unspecified atom stereocenters. The van der Waals surface area contributed by atoms with E-state index < -0.39 is 0 Å². The predicted molar refractivity (Wildman–Crippen MR) is 110 cm³/mol. The molecular formula is C22H20N2O3S. The number of hydrogen-bond acceptors (Lipinski definition) is 5. The summed E-state index contributed by atoms with van der Waals surface area (Å²) in [5.74, 6) is 0.704. The minimum Gasteiger partial charge on any atom is -0.467 e. The van der Waals surface area contributed by atoms with E-state index in [-0.39, 0.29) is 5.91 Å². The number of pyridine rings is 1. The molecule has 5 nitrogen and oxygen atoms in total. The first kappa shape index (κ1) is 18.4. The maximum absolute atomic E-state index is 12.8. The van der Waals surface area contributed by atoms with Crippen molar-refractivity contribution in [1.82, 2.24) is 10.3 Å². The highest BCUT2D eigenvalue weighted by Crippen LogP contribution is 2.27. The quantitative estimate of drug-likeness (QED) is 0.434. The molecule has 0 bridgehead atoms. The maximum Gasteiger partial charge on any atom is 0.252 e. The van der Waals surface area contributed by atoms with Crippen molar-refractivity contribution < 1.29 is 13.9 Å². The number of thiophene rings is 1. The molecule has 0 aliphatic rings. The summed E-state index contributed by atoms with van der Waals surface area (Å²) in [7, 11) is 0. The summed E-state index contributed by atoms with van der Waals surface area (Å²) >= 11 is 1.61. The molecule has 0 spiro atoms. The Kier molecular flexibility index (Phi) is 5.80. The molecule has 0 saturated heterocycles. The molecule has 0 aliphatic heterocycles. The van der Waals surface area contributed by atoms with Crippen LogP contribution < -0.4 is 5.32 Å². The zero-order valence-electron chi connectivity index (χ0n) is 15.3. The van der Waals surface area contributed by atoms with Crippen molar-refractivity contribution in [3.8, 4) is 10.6 Å². The Bertz CT molecular complexity index is 1040. The van der Waals surface area contributed by atoms with Crippen molar-refractivity contribution in [2.75, 3.05) is 13.2 Å². The monoisotopic (exact) mass is 392 g/mol. The van der Waals surface area contributed by atoms with Gasteiger partial charge in [0.25, 0.3) is 5.91 Å². The minimum absolute atomic E-state index is 0.0950. The van der Waals surface area contributed by atoms with Gasteiger partial charge in [-0.15, -0.1) is 11.3 Å². The van der Waals surface area contributed by atoms with Crippen LogP contribution in [0.3, 0.4) is 0 Å². The number of hydrogen-bond donors (Lipinski definition) is 1. The van der Waals surface area contributed by atoms with E-state index in [1.165, 1.54) is 0 Å². The van der Waals surface area contributed by atoms with Gasteiger partial charge in [-0.1, -0.05) is 24.3 Å². The third kappa shape index (κ3) is 4.30. The van der Waals surface area contributed by atoms with Gasteiger partial charge in [0.15, 0.2) is 0 Å². The fourth-order valence-electron chi connectivity index (χ4n) is 2.95. The minimum atomic E-state index is -0.0950. The molecule has 1 aromatic carbocycles. The molecule has 1 amide bonds. The van der Waals surface area contributed by atoms with Gasteiger partial charge in [0.1, 0.15) is 12.4 Å². The van der Waals surface area contributed by atoms with E-state index in [2.05, 4.69) is 5.32 Å². The lowest BCUT2D eigenvalue weighted by atomic mass is 10.1. The van der Waals surface area contributed by atoms with Gasteiger partial charge in [0.05, 0.1) is 27.9 Å². The Labute approximate surface area is 167 Å². The first-order valence-electron chi connectivity index (χ1n) is 9.13. The smallest absolute Gasteiger partial charge is 0.252 e. The van der Waals surface area contributed by atoms with Crippen LogP contribution >= 0.6 is 11.3 Å². The van der Waals surface area contributed by atoms with E-state index in [0.29, 0.717) is 25.3 Å².